The molecule has 2 aromatic carbocycles. The minimum Gasteiger partial charge on any atom is -0.497 e. The van der Waals surface area contributed by atoms with Crippen molar-refractivity contribution < 1.29 is 23.9 Å². The van der Waals surface area contributed by atoms with Crippen LogP contribution in [0.1, 0.15) is 5.56 Å². The largest absolute Gasteiger partial charge is 0.497 e. The molecule has 1 heterocycles. The molecule has 5 amide bonds. The first kappa shape index (κ1) is 19.6. The van der Waals surface area contributed by atoms with Crippen LogP contribution in [-0.4, -0.2) is 42.3 Å². The molecule has 3 rings (SSSR count). The summed E-state index contributed by atoms with van der Waals surface area (Å²) in [6, 6.07) is 10.4. The van der Waals surface area contributed by atoms with Crippen molar-refractivity contribution in [2.75, 3.05) is 23.9 Å². The van der Waals surface area contributed by atoms with Crippen molar-refractivity contribution in [2.45, 2.75) is 6.92 Å². The Morgan fingerprint density at radius 1 is 1.07 bits per heavy atom. The average molecular weight is 446 g/mol. The Morgan fingerprint density at radius 3 is 2.36 bits per heavy atom. The number of methoxy groups -OCH3 is 1. The number of nitrogens with one attached hydrogen (secondary N) is 1. The summed E-state index contributed by atoms with van der Waals surface area (Å²) >= 11 is 3.37. The number of amides is 5. The first-order valence-corrected chi connectivity index (χ1v) is 9.01. The van der Waals surface area contributed by atoms with E-state index in [1.807, 2.05) is 6.92 Å². The number of anilines is 2. The van der Waals surface area contributed by atoms with Crippen molar-refractivity contribution in [3.8, 4) is 5.75 Å². The number of aryl methyl sites for hydroxylation is 1. The van der Waals surface area contributed by atoms with E-state index in [-0.39, 0.29) is 5.69 Å². The second kappa shape index (κ2) is 7.81. The maximum atomic E-state index is 12.6. The molecule has 1 aliphatic heterocycles. The lowest BCUT2D eigenvalue weighted by molar-refractivity contribution is -0.140. The van der Waals surface area contributed by atoms with Gasteiger partial charge in [0.15, 0.2) is 0 Å². The van der Waals surface area contributed by atoms with E-state index < -0.39 is 30.3 Å². The highest BCUT2D eigenvalue weighted by molar-refractivity contribution is 9.10. The Balaban J connectivity index is 1.73. The van der Waals surface area contributed by atoms with Gasteiger partial charge in [-0.05, 0) is 55.0 Å². The molecule has 0 unspecified atom stereocenters. The van der Waals surface area contributed by atoms with Crippen LogP contribution in [0.25, 0.3) is 0 Å². The first-order valence-electron chi connectivity index (χ1n) is 8.22. The molecule has 28 heavy (non-hydrogen) atoms. The molecule has 0 atom stereocenters. The second-order valence-corrected chi connectivity index (χ2v) is 6.88. The highest BCUT2D eigenvalue weighted by Gasteiger charge is 2.46. The molecule has 1 fully saturated rings. The molecule has 9 heteroatoms. The van der Waals surface area contributed by atoms with Crippen LogP contribution in [0.15, 0.2) is 46.9 Å². The summed E-state index contributed by atoms with van der Waals surface area (Å²) in [6.45, 7) is 1.30. The van der Waals surface area contributed by atoms with Crippen LogP contribution in [0, 0.1) is 6.92 Å². The van der Waals surface area contributed by atoms with E-state index in [1.165, 1.54) is 19.2 Å². The van der Waals surface area contributed by atoms with Crippen LogP contribution in [-0.2, 0) is 14.4 Å². The van der Waals surface area contributed by atoms with Gasteiger partial charge in [-0.2, -0.15) is 0 Å². The first-order chi connectivity index (χ1) is 13.3. The lowest BCUT2D eigenvalue weighted by Gasteiger charge is -2.16. The minimum absolute atomic E-state index is 0.218. The fraction of sp³-hybridized carbons (Fsp3) is 0.158. The number of imide groups is 2. The maximum absolute atomic E-state index is 12.6. The van der Waals surface area contributed by atoms with Gasteiger partial charge in [0.1, 0.15) is 12.3 Å². The van der Waals surface area contributed by atoms with Gasteiger partial charge in [-0.3, -0.25) is 14.4 Å². The smallest absolute Gasteiger partial charge is 0.339 e. The van der Waals surface area contributed by atoms with E-state index >= 15 is 0 Å². The molecule has 1 saturated heterocycles. The van der Waals surface area contributed by atoms with Crippen molar-refractivity contribution in [1.29, 1.82) is 0 Å². The van der Waals surface area contributed by atoms with E-state index in [0.29, 0.717) is 16.3 Å². The molecule has 144 valence electrons. The van der Waals surface area contributed by atoms with Gasteiger partial charge in [0, 0.05) is 10.2 Å². The van der Waals surface area contributed by atoms with Gasteiger partial charge in [-0.15, -0.1) is 0 Å². The van der Waals surface area contributed by atoms with Crippen LogP contribution >= 0.6 is 15.9 Å². The SMILES string of the molecule is COc1ccc(N2C(=O)C(=O)N(CC(=O)Nc3ccc(Br)c(C)c3)C2=O)cc1. The van der Waals surface area contributed by atoms with Gasteiger partial charge in [0.25, 0.3) is 0 Å². The highest BCUT2D eigenvalue weighted by Crippen LogP contribution is 2.25. The summed E-state index contributed by atoms with van der Waals surface area (Å²) in [6.07, 6.45) is 0. The normalized spacial score (nSPS) is 13.9. The molecule has 1 N–H and O–H groups in total. The second-order valence-electron chi connectivity index (χ2n) is 6.02. The molecule has 1 aliphatic rings. The third-order valence-corrected chi connectivity index (χ3v) is 5.02. The monoisotopic (exact) mass is 445 g/mol. The fourth-order valence-corrected chi connectivity index (χ4v) is 2.92. The zero-order valence-corrected chi connectivity index (χ0v) is 16.6. The minimum atomic E-state index is -1.05. The molecule has 0 aromatic heterocycles. The van der Waals surface area contributed by atoms with Gasteiger partial charge < -0.3 is 10.1 Å². The average Bonchev–Trinajstić information content (AvgIpc) is 2.88. The third kappa shape index (κ3) is 3.74. The van der Waals surface area contributed by atoms with E-state index in [2.05, 4.69) is 21.2 Å². The Morgan fingerprint density at radius 2 is 1.75 bits per heavy atom. The number of carbonyl (C=O) groups is 4. The summed E-state index contributed by atoms with van der Waals surface area (Å²) < 4.78 is 5.92. The number of hydrogen-bond acceptors (Lipinski definition) is 5. The van der Waals surface area contributed by atoms with E-state index in [4.69, 9.17) is 4.74 Å². The van der Waals surface area contributed by atoms with Crippen LogP contribution in [0.4, 0.5) is 16.2 Å². The maximum Gasteiger partial charge on any atom is 0.339 e. The summed E-state index contributed by atoms with van der Waals surface area (Å²) in [7, 11) is 1.48. The number of ether oxygens (including phenoxy) is 1. The predicted molar refractivity (Wildman–Crippen MR) is 105 cm³/mol. The van der Waals surface area contributed by atoms with Crippen molar-refractivity contribution in [2.24, 2.45) is 0 Å². The number of halogens is 1. The fourth-order valence-electron chi connectivity index (χ4n) is 2.67. The van der Waals surface area contributed by atoms with Gasteiger partial charge in [-0.1, -0.05) is 15.9 Å². The number of hydrogen-bond donors (Lipinski definition) is 1. The standard InChI is InChI=1S/C19H16BrN3O5/c1-11-9-12(3-8-15(11)20)21-16(24)10-22-17(25)18(26)23(19(22)27)13-4-6-14(28-2)7-5-13/h3-9H,10H2,1-2H3,(H,21,24). The molecule has 8 nitrogen and oxygen atoms in total. The van der Waals surface area contributed by atoms with E-state index in [1.54, 1.807) is 30.3 Å². The van der Waals surface area contributed by atoms with Crippen molar-refractivity contribution >= 4 is 51.1 Å². The molecule has 2 aromatic rings. The van der Waals surface area contributed by atoms with Crippen LogP contribution in [0.5, 0.6) is 5.75 Å². The van der Waals surface area contributed by atoms with E-state index in [9.17, 15) is 19.2 Å². The Kier molecular flexibility index (Phi) is 5.46. The molecule has 0 bridgehead atoms. The lowest BCUT2D eigenvalue weighted by Crippen LogP contribution is -2.39. The zero-order chi connectivity index (χ0) is 20.4. The van der Waals surface area contributed by atoms with Crippen molar-refractivity contribution in [3.63, 3.8) is 0 Å². The van der Waals surface area contributed by atoms with Gasteiger partial charge in [0.2, 0.25) is 5.91 Å². The zero-order valence-electron chi connectivity index (χ0n) is 15.1. The summed E-state index contributed by atoms with van der Waals surface area (Å²) in [4.78, 5) is 50.6. The van der Waals surface area contributed by atoms with Gasteiger partial charge in [0.05, 0.1) is 12.8 Å². The number of urea groups is 1. The molecular formula is C19H16BrN3O5. The predicted octanol–water partition coefficient (Wildman–Crippen LogP) is 2.70. The molecular weight excluding hydrogens is 430 g/mol. The van der Waals surface area contributed by atoms with Crippen LogP contribution in [0.2, 0.25) is 0 Å². The van der Waals surface area contributed by atoms with Crippen LogP contribution < -0.4 is 15.0 Å². The molecule has 0 radical (unpaired) electrons. The topological polar surface area (TPSA) is 96.0 Å². The van der Waals surface area contributed by atoms with E-state index in [0.717, 1.165) is 14.9 Å². The molecule has 0 spiro atoms. The highest BCUT2D eigenvalue weighted by atomic mass is 79.9. The van der Waals surface area contributed by atoms with Gasteiger partial charge in [-0.25, -0.2) is 14.6 Å². The summed E-state index contributed by atoms with van der Waals surface area (Å²) in [5.41, 5.74) is 1.64. The summed E-state index contributed by atoms with van der Waals surface area (Å²) in [5, 5.41) is 2.61. The number of rotatable bonds is 5. The summed E-state index contributed by atoms with van der Waals surface area (Å²) in [5.74, 6) is -2.12. The quantitative estimate of drug-likeness (QED) is 0.563. The van der Waals surface area contributed by atoms with Crippen molar-refractivity contribution in [1.82, 2.24) is 4.90 Å². The Bertz CT molecular complexity index is 974. The number of carbonyl (C=O) groups excluding carboxylic acids is 4. The number of nitrogens with zero attached hydrogens (tertiary/aromatic N) is 2. The Labute approximate surface area is 169 Å². The van der Waals surface area contributed by atoms with Crippen molar-refractivity contribution in [3.05, 3.63) is 52.5 Å². The molecule has 0 aliphatic carbocycles. The third-order valence-electron chi connectivity index (χ3n) is 4.13. The van der Waals surface area contributed by atoms with Crippen LogP contribution in [0.3, 0.4) is 0 Å². The molecule has 0 saturated carbocycles. The Hall–Kier alpha value is -3.20. The lowest BCUT2D eigenvalue weighted by atomic mass is 10.2. The van der Waals surface area contributed by atoms with Gasteiger partial charge >= 0.3 is 17.8 Å². The number of benzene rings is 2.